The van der Waals surface area contributed by atoms with Gasteiger partial charge in [0, 0.05) is 0 Å². The summed E-state index contributed by atoms with van der Waals surface area (Å²) in [6, 6.07) is 14.8. The summed E-state index contributed by atoms with van der Waals surface area (Å²) in [5.74, 6) is 0.315. The number of benzene rings is 2. The van der Waals surface area contributed by atoms with Crippen LogP contribution in [0.1, 0.15) is 30.1 Å². The third-order valence-electron chi connectivity index (χ3n) is 4.36. The van der Waals surface area contributed by atoms with Crippen molar-refractivity contribution in [1.82, 2.24) is 24.3 Å². The van der Waals surface area contributed by atoms with Crippen LogP contribution in [0.3, 0.4) is 0 Å². The van der Waals surface area contributed by atoms with Crippen LogP contribution in [0.2, 0.25) is 0 Å². The summed E-state index contributed by atoms with van der Waals surface area (Å²) in [5, 5.41) is 8.48. The number of rotatable bonds is 5. The first-order valence-corrected chi connectivity index (χ1v) is 9.32. The van der Waals surface area contributed by atoms with Crippen LogP contribution in [0, 0.1) is 6.92 Å². The maximum atomic E-state index is 13.7. The molecular formula is C19H17F2N5S. The molecule has 0 amide bonds. The second-order valence-electron chi connectivity index (χ2n) is 6.14. The number of aryl methyl sites for hydroxylation is 1. The van der Waals surface area contributed by atoms with Crippen molar-refractivity contribution in [2.75, 3.05) is 0 Å². The lowest BCUT2D eigenvalue weighted by Crippen LogP contribution is -2.07. The molecule has 2 aromatic carbocycles. The summed E-state index contributed by atoms with van der Waals surface area (Å²) in [4.78, 5) is 4.44. The van der Waals surface area contributed by atoms with Gasteiger partial charge in [-0.15, -0.1) is 10.2 Å². The first-order chi connectivity index (χ1) is 13.1. The molecule has 0 aliphatic rings. The number of aromatic nitrogens is 5. The average molecular weight is 385 g/mol. The Labute approximate surface area is 159 Å². The predicted molar refractivity (Wildman–Crippen MR) is 101 cm³/mol. The molecule has 5 nitrogen and oxygen atoms in total. The Morgan fingerprint density at radius 1 is 1.04 bits per heavy atom. The predicted octanol–water partition coefficient (Wildman–Crippen LogP) is 5.17. The van der Waals surface area contributed by atoms with Gasteiger partial charge in [-0.1, -0.05) is 42.1 Å². The van der Waals surface area contributed by atoms with E-state index < -0.39 is 6.55 Å². The first kappa shape index (κ1) is 17.7. The van der Waals surface area contributed by atoms with Gasteiger partial charge in [-0.2, -0.15) is 8.78 Å². The minimum atomic E-state index is -2.66. The average Bonchev–Trinajstić information content (AvgIpc) is 3.26. The van der Waals surface area contributed by atoms with E-state index in [1.54, 1.807) is 30.6 Å². The lowest BCUT2D eigenvalue weighted by Gasteiger charge is -2.14. The molecule has 0 aliphatic carbocycles. The number of imidazole rings is 1. The molecule has 8 heteroatoms. The largest absolute Gasteiger partial charge is 0.320 e. The Bertz CT molecular complexity index is 1090. The molecule has 0 spiro atoms. The number of nitrogens with zero attached hydrogens (tertiary/aromatic N) is 5. The summed E-state index contributed by atoms with van der Waals surface area (Å²) in [7, 11) is 0. The summed E-state index contributed by atoms with van der Waals surface area (Å²) in [5.41, 5.74) is 3.02. The molecule has 0 aliphatic heterocycles. The van der Waals surface area contributed by atoms with Crippen molar-refractivity contribution in [3.63, 3.8) is 0 Å². The fraction of sp³-hybridized carbons (Fsp3) is 0.211. The van der Waals surface area contributed by atoms with Gasteiger partial charge in [-0.3, -0.25) is 9.13 Å². The molecule has 138 valence electrons. The van der Waals surface area contributed by atoms with Crippen molar-refractivity contribution < 1.29 is 8.78 Å². The highest BCUT2D eigenvalue weighted by Gasteiger charge is 2.24. The molecule has 1 atom stereocenters. The quantitative estimate of drug-likeness (QED) is 0.445. The minimum Gasteiger partial charge on any atom is -0.276 e. The molecule has 0 bridgehead atoms. The van der Waals surface area contributed by atoms with E-state index in [0.29, 0.717) is 22.0 Å². The monoisotopic (exact) mass is 385 g/mol. The van der Waals surface area contributed by atoms with E-state index in [0.717, 1.165) is 15.8 Å². The van der Waals surface area contributed by atoms with Crippen LogP contribution in [0.25, 0.3) is 16.7 Å². The van der Waals surface area contributed by atoms with E-state index >= 15 is 0 Å². The smallest absolute Gasteiger partial charge is 0.276 e. The summed E-state index contributed by atoms with van der Waals surface area (Å²) in [6.45, 7) is 1.19. The highest BCUT2D eigenvalue weighted by Crippen LogP contribution is 2.37. The maximum Gasteiger partial charge on any atom is 0.320 e. The van der Waals surface area contributed by atoms with E-state index in [1.807, 2.05) is 42.7 Å². The number of fused-ring (bicyclic) bond motifs is 1. The standard InChI is InChI=1S/C19H17F2N5S/c1-12-7-3-5-9-15(12)25-11-22-24-19(25)27-13(2)17-23-14-8-4-6-10-16(14)26(17)18(20)21/h3-11,13,18H,1-2H3/t13-/m0/s1. The number of hydrogen-bond donors (Lipinski definition) is 0. The molecular weight excluding hydrogens is 368 g/mol. The molecule has 2 aromatic heterocycles. The molecule has 27 heavy (non-hydrogen) atoms. The Hall–Kier alpha value is -2.74. The SMILES string of the molecule is Cc1ccccc1-n1cnnc1S[C@@H](C)c1nc2ccccc2n1C(F)F. The van der Waals surface area contributed by atoms with Gasteiger partial charge in [0.15, 0.2) is 5.16 Å². The lowest BCUT2D eigenvalue weighted by molar-refractivity contribution is 0.0715. The zero-order valence-corrected chi connectivity index (χ0v) is 15.6. The van der Waals surface area contributed by atoms with Gasteiger partial charge in [-0.05, 0) is 37.6 Å². The molecule has 0 fully saturated rings. The minimum absolute atomic E-state index is 0.315. The van der Waals surface area contributed by atoms with Gasteiger partial charge in [-0.25, -0.2) is 4.98 Å². The highest BCUT2D eigenvalue weighted by atomic mass is 32.2. The van der Waals surface area contributed by atoms with E-state index in [2.05, 4.69) is 15.2 Å². The molecule has 0 N–H and O–H groups in total. The van der Waals surface area contributed by atoms with Crippen LogP contribution >= 0.6 is 11.8 Å². The van der Waals surface area contributed by atoms with E-state index in [1.165, 1.54) is 11.8 Å². The third kappa shape index (κ3) is 3.21. The van der Waals surface area contributed by atoms with E-state index in [9.17, 15) is 8.78 Å². The van der Waals surface area contributed by atoms with Crippen molar-refractivity contribution in [2.24, 2.45) is 0 Å². The van der Waals surface area contributed by atoms with Gasteiger partial charge in [0.1, 0.15) is 12.2 Å². The number of thioether (sulfide) groups is 1. The fourth-order valence-corrected chi connectivity index (χ4v) is 4.01. The third-order valence-corrected chi connectivity index (χ3v) is 5.41. The zero-order valence-electron chi connectivity index (χ0n) is 14.8. The lowest BCUT2D eigenvalue weighted by atomic mass is 10.2. The number of alkyl halides is 2. The Kier molecular flexibility index (Phi) is 4.65. The second-order valence-corrected chi connectivity index (χ2v) is 7.44. The van der Waals surface area contributed by atoms with Crippen molar-refractivity contribution in [1.29, 1.82) is 0 Å². The van der Waals surface area contributed by atoms with Gasteiger partial charge >= 0.3 is 6.55 Å². The second kappa shape index (κ2) is 7.11. The van der Waals surface area contributed by atoms with Crippen LogP contribution in [-0.2, 0) is 0 Å². The Morgan fingerprint density at radius 3 is 2.56 bits per heavy atom. The Morgan fingerprint density at radius 2 is 1.78 bits per heavy atom. The van der Waals surface area contributed by atoms with Crippen molar-refractivity contribution in [3.05, 3.63) is 66.2 Å². The van der Waals surface area contributed by atoms with Gasteiger partial charge < -0.3 is 0 Å². The van der Waals surface area contributed by atoms with Crippen molar-refractivity contribution in [3.8, 4) is 5.69 Å². The normalized spacial score (nSPS) is 12.8. The summed E-state index contributed by atoms with van der Waals surface area (Å²) >= 11 is 1.35. The van der Waals surface area contributed by atoms with E-state index in [-0.39, 0.29) is 5.25 Å². The van der Waals surface area contributed by atoms with Crippen LogP contribution in [-0.4, -0.2) is 24.3 Å². The van der Waals surface area contributed by atoms with Gasteiger partial charge in [0.2, 0.25) is 0 Å². The Balaban J connectivity index is 1.72. The number of hydrogen-bond acceptors (Lipinski definition) is 4. The number of para-hydroxylation sites is 3. The molecule has 0 saturated heterocycles. The first-order valence-electron chi connectivity index (χ1n) is 8.44. The molecule has 2 heterocycles. The van der Waals surface area contributed by atoms with Crippen LogP contribution in [0.15, 0.2) is 60.0 Å². The van der Waals surface area contributed by atoms with E-state index in [4.69, 9.17) is 0 Å². The zero-order chi connectivity index (χ0) is 19.0. The number of halogens is 2. The van der Waals surface area contributed by atoms with Crippen molar-refractivity contribution in [2.45, 2.75) is 30.8 Å². The van der Waals surface area contributed by atoms with Gasteiger partial charge in [0.25, 0.3) is 0 Å². The molecule has 0 radical (unpaired) electrons. The molecule has 0 unspecified atom stereocenters. The topological polar surface area (TPSA) is 48.5 Å². The molecule has 0 saturated carbocycles. The fourth-order valence-electron chi connectivity index (χ4n) is 3.07. The van der Waals surface area contributed by atoms with Gasteiger partial charge in [0.05, 0.1) is 22.0 Å². The summed E-state index contributed by atoms with van der Waals surface area (Å²) in [6.07, 6.45) is 1.63. The maximum absolute atomic E-state index is 13.7. The van der Waals surface area contributed by atoms with Crippen molar-refractivity contribution >= 4 is 22.8 Å². The highest BCUT2D eigenvalue weighted by molar-refractivity contribution is 7.99. The molecule has 4 rings (SSSR count). The van der Waals surface area contributed by atoms with Crippen LogP contribution in [0.4, 0.5) is 8.78 Å². The summed E-state index contributed by atoms with van der Waals surface area (Å²) < 4.78 is 30.3. The van der Waals surface area contributed by atoms with Crippen LogP contribution in [0.5, 0.6) is 0 Å². The van der Waals surface area contributed by atoms with Crippen LogP contribution < -0.4 is 0 Å². The molecule has 4 aromatic rings.